The van der Waals surface area contributed by atoms with Crippen LogP contribution < -0.4 is 10.1 Å². The Morgan fingerprint density at radius 2 is 1.75 bits per heavy atom. The van der Waals surface area contributed by atoms with Crippen LogP contribution in [0.1, 0.15) is 30.0 Å². The highest BCUT2D eigenvalue weighted by Crippen LogP contribution is 2.28. The molecule has 2 aromatic rings. The van der Waals surface area contributed by atoms with E-state index in [1.807, 2.05) is 45.3 Å². The smallest absolute Gasteiger partial charge is 0.243 e. The predicted octanol–water partition coefficient (Wildman–Crippen LogP) is 2.82. The SMILES string of the molecule is COc1ccccc1C(CNC(=O)C1CCN(S(=O)(=O)c2ccc(C)cc2)CC1)N(C)C. The number of sulfonamides is 1. The summed E-state index contributed by atoms with van der Waals surface area (Å²) < 4.78 is 32.8. The largest absolute Gasteiger partial charge is 0.496 e. The van der Waals surface area contributed by atoms with Crippen molar-refractivity contribution in [2.24, 2.45) is 5.92 Å². The molecule has 0 radical (unpaired) electrons. The van der Waals surface area contributed by atoms with Crippen LogP contribution in [0.4, 0.5) is 0 Å². The first-order valence-corrected chi connectivity index (χ1v) is 12.3. The minimum absolute atomic E-state index is 0.0286. The molecule has 1 atom stereocenters. The van der Waals surface area contributed by atoms with Gasteiger partial charge >= 0.3 is 0 Å². The summed E-state index contributed by atoms with van der Waals surface area (Å²) in [6.07, 6.45) is 1.02. The van der Waals surface area contributed by atoms with E-state index in [9.17, 15) is 13.2 Å². The van der Waals surface area contributed by atoms with Crippen LogP contribution >= 0.6 is 0 Å². The second kappa shape index (κ2) is 10.5. The number of hydrogen-bond donors (Lipinski definition) is 1. The molecule has 1 aliphatic heterocycles. The second-order valence-electron chi connectivity index (χ2n) is 8.46. The Balaban J connectivity index is 1.58. The van der Waals surface area contributed by atoms with Gasteiger partial charge in [-0.25, -0.2) is 8.42 Å². The van der Waals surface area contributed by atoms with Crippen LogP contribution in [0, 0.1) is 12.8 Å². The van der Waals surface area contributed by atoms with Gasteiger partial charge in [0.15, 0.2) is 0 Å². The molecule has 1 amide bonds. The normalized spacial score (nSPS) is 16.7. The summed E-state index contributed by atoms with van der Waals surface area (Å²) >= 11 is 0. The lowest BCUT2D eigenvalue weighted by Crippen LogP contribution is -2.44. The molecule has 1 N–H and O–H groups in total. The third kappa shape index (κ3) is 5.49. The first kappa shape index (κ1) is 24.2. The van der Waals surface area contributed by atoms with Crippen LogP contribution in [0.2, 0.25) is 0 Å². The molecule has 7 nitrogen and oxygen atoms in total. The van der Waals surface area contributed by atoms with Crippen molar-refractivity contribution in [2.75, 3.05) is 40.8 Å². The zero-order valence-electron chi connectivity index (χ0n) is 19.2. The highest BCUT2D eigenvalue weighted by atomic mass is 32.2. The number of nitrogens with one attached hydrogen (secondary N) is 1. The summed E-state index contributed by atoms with van der Waals surface area (Å²) in [6.45, 7) is 3.07. The first-order chi connectivity index (χ1) is 15.2. The van der Waals surface area contributed by atoms with E-state index in [0.717, 1.165) is 16.9 Å². The van der Waals surface area contributed by atoms with Crippen molar-refractivity contribution >= 4 is 15.9 Å². The van der Waals surface area contributed by atoms with Gasteiger partial charge < -0.3 is 15.0 Å². The Morgan fingerprint density at radius 3 is 2.34 bits per heavy atom. The molecule has 174 valence electrons. The van der Waals surface area contributed by atoms with Gasteiger partial charge in [0.05, 0.1) is 18.0 Å². The fraction of sp³-hybridized carbons (Fsp3) is 0.458. The minimum Gasteiger partial charge on any atom is -0.496 e. The molecule has 2 aromatic carbocycles. The zero-order chi connectivity index (χ0) is 23.3. The number of rotatable bonds is 8. The van der Waals surface area contributed by atoms with E-state index in [-0.39, 0.29) is 17.9 Å². The van der Waals surface area contributed by atoms with Crippen molar-refractivity contribution in [3.8, 4) is 5.75 Å². The van der Waals surface area contributed by atoms with Crippen molar-refractivity contribution in [3.63, 3.8) is 0 Å². The number of benzene rings is 2. The molecule has 0 aromatic heterocycles. The van der Waals surface area contributed by atoms with Gasteiger partial charge in [-0.1, -0.05) is 35.9 Å². The minimum atomic E-state index is -3.53. The average molecular weight is 460 g/mol. The van der Waals surface area contributed by atoms with E-state index >= 15 is 0 Å². The van der Waals surface area contributed by atoms with Crippen LogP contribution in [0.5, 0.6) is 5.75 Å². The van der Waals surface area contributed by atoms with Crippen LogP contribution in [-0.2, 0) is 14.8 Å². The average Bonchev–Trinajstić information content (AvgIpc) is 2.79. The van der Waals surface area contributed by atoms with Gasteiger partial charge in [0.25, 0.3) is 0 Å². The number of ether oxygens (including phenoxy) is 1. The van der Waals surface area contributed by atoms with E-state index in [0.29, 0.717) is 37.4 Å². The third-order valence-corrected chi connectivity index (χ3v) is 7.99. The molecule has 1 saturated heterocycles. The number of piperidine rings is 1. The standard InChI is InChI=1S/C24H33N3O4S/c1-18-9-11-20(12-10-18)32(29,30)27-15-13-19(14-16-27)24(28)25-17-22(26(2)3)21-7-5-6-8-23(21)31-4/h5-12,19,22H,13-17H2,1-4H3,(H,25,28). The van der Waals surface area contributed by atoms with Gasteiger partial charge in [0.2, 0.25) is 15.9 Å². The number of likely N-dealkylation sites (N-methyl/N-ethyl adjacent to an activating group) is 1. The van der Waals surface area contributed by atoms with Crippen LogP contribution in [0.3, 0.4) is 0 Å². The number of amides is 1. The lowest BCUT2D eigenvalue weighted by atomic mass is 9.97. The maximum absolute atomic E-state index is 12.9. The van der Waals surface area contributed by atoms with E-state index in [1.165, 1.54) is 4.31 Å². The summed E-state index contributed by atoms with van der Waals surface area (Å²) in [4.78, 5) is 15.2. The maximum Gasteiger partial charge on any atom is 0.243 e. The van der Waals surface area contributed by atoms with Gasteiger partial charge in [0.1, 0.15) is 5.75 Å². The Hall–Kier alpha value is -2.42. The Bertz CT molecular complexity index is 1010. The number of aryl methyl sites for hydroxylation is 1. The quantitative estimate of drug-likeness (QED) is 0.657. The lowest BCUT2D eigenvalue weighted by Gasteiger charge is -2.31. The Kier molecular flexibility index (Phi) is 7.92. The van der Waals surface area contributed by atoms with Crippen molar-refractivity contribution < 1.29 is 17.9 Å². The number of carbonyl (C=O) groups is 1. The van der Waals surface area contributed by atoms with Crippen molar-refractivity contribution in [3.05, 3.63) is 59.7 Å². The molecule has 3 rings (SSSR count). The molecule has 0 aliphatic carbocycles. The summed E-state index contributed by atoms with van der Waals surface area (Å²) in [5, 5.41) is 3.07. The molecule has 32 heavy (non-hydrogen) atoms. The lowest BCUT2D eigenvalue weighted by molar-refractivity contribution is -0.126. The van der Waals surface area contributed by atoms with E-state index in [4.69, 9.17) is 4.74 Å². The fourth-order valence-electron chi connectivity index (χ4n) is 4.07. The van der Waals surface area contributed by atoms with Gasteiger partial charge in [-0.05, 0) is 52.1 Å². The molecular weight excluding hydrogens is 426 g/mol. The summed E-state index contributed by atoms with van der Waals surface area (Å²) in [5.74, 6) is 0.564. The molecule has 8 heteroatoms. The highest BCUT2D eigenvalue weighted by Gasteiger charge is 2.32. The topological polar surface area (TPSA) is 79.0 Å². The highest BCUT2D eigenvalue weighted by molar-refractivity contribution is 7.89. The second-order valence-corrected chi connectivity index (χ2v) is 10.4. The predicted molar refractivity (Wildman–Crippen MR) is 125 cm³/mol. The van der Waals surface area contributed by atoms with Gasteiger partial charge in [0, 0.05) is 31.1 Å². The Labute approximate surface area is 191 Å². The summed E-state index contributed by atoms with van der Waals surface area (Å²) in [5.41, 5.74) is 2.03. The zero-order valence-corrected chi connectivity index (χ0v) is 20.1. The van der Waals surface area contributed by atoms with Crippen molar-refractivity contribution in [1.29, 1.82) is 0 Å². The third-order valence-electron chi connectivity index (χ3n) is 6.07. The van der Waals surface area contributed by atoms with E-state index in [2.05, 4.69) is 10.2 Å². The maximum atomic E-state index is 12.9. The molecule has 1 aliphatic rings. The van der Waals surface area contributed by atoms with Crippen molar-refractivity contribution in [2.45, 2.75) is 30.7 Å². The van der Waals surface area contributed by atoms with Gasteiger partial charge in [-0.15, -0.1) is 0 Å². The van der Waals surface area contributed by atoms with Crippen LogP contribution in [0.15, 0.2) is 53.4 Å². The van der Waals surface area contributed by atoms with Gasteiger partial charge in [-0.2, -0.15) is 4.31 Å². The molecule has 1 heterocycles. The molecule has 0 bridgehead atoms. The summed E-state index contributed by atoms with van der Waals surface area (Å²) in [6, 6.07) is 14.7. The van der Waals surface area contributed by atoms with E-state index < -0.39 is 10.0 Å². The van der Waals surface area contributed by atoms with Crippen molar-refractivity contribution in [1.82, 2.24) is 14.5 Å². The number of hydrogen-bond acceptors (Lipinski definition) is 5. The molecule has 1 unspecified atom stereocenters. The number of nitrogens with zero attached hydrogens (tertiary/aromatic N) is 2. The van der Waals surface area contributed by atoms with Gasteiger partial charge in [-0.3, -0.25) is 4.79 Å². The van der Waals surface area contributed by atoms with Crippen LogP contribution in [0.25, 0.3) is 0 Å². The summed E-state index contributed by atoms with van der Waals surface area (Å²) in [7, 11) is 2.05. The number of carbonyl (C=O) groups excluding carboxylic acids is 1. The molecule has 0 spiro atoms. The Morgan fingerprint density at radius 1 is 1.12 bits per heavy atom. The molecule has 1 fully saturated rings. The molecule has 0 saturated carbocycles. The molecular formula is C24H33N3O4S. The number of para-hydroxylation sites is 1. The van der Waals surface area contributed by atoms with Crippen LogP contribution in [-0.4, -0.2) is 64.4 Å². The first-order valence-electron chi connectivity index (χ1n) is 10.9. The monoisotopic (exact) mass is 459 g/mol. The van der Waals surface area contributed by atoms with E-state index in [1.54, 1.807) is 31.4 Å². The number of methoxy groups -OCH3 is 1. The fourth-order valence-corrected chi connectivity index (χ4v) is 5.54.